The fourth-order valence-electron chi connectivity index (χ4n) is 2.65. The monoisotopic (exact) mass is 407 g/mol. The van der Waals surface area contributed by atoms with Gasteiger partial charge >= 0.3 is 5.97 Å². The number of carboxylic acids is 1. The van der Waals surface area contributed by atoms with E-state index in [1.807, 2.05) is 30.3 Å². The topological polar surface area (TPSA) is 110 Å². The number of ether oxygens (including phenoxy) is 1. The molecule has 0 bridgehead atoms. The summed E-state index contributed by atoms with van der Waals surface area (Å²) in [7, 11) is -1.56. The van der Waals surface area contributed by atoms with Crippen molar-refractivity contribution in [1.82, 2.24) is 0 Å². The maximum Gasteiger partial charge on any atom is 0.319 e. The van der Waals surface area contributed by atoms with Crippen LogP contribution in [0.5, 0.6) is 5.75 Å². The molecule has 0 saturated carbocycles. The minimum Gasteiger partial charge on any atom is -0.489 e. The van der Waals surface area contributed by atoms with Gasteiger partial charge in [0.25, 0.3) is 0 Å². The molecule has 0 radical (unpaired) electrons. The molecule has 0 aliphatic heterocycles. The molecule has 6 nitrogen and oxygen atoms in total. The number of rotatable bonds is 11. The minimum absolute atomic E-state index is 0.439. The van der Waals surface area contributed by atoms with Gasteiger partial charge in [0, 0.05) is 4.90 Å². The summed E-state index contributed by atoms with van der Waals surface area (Å²) in [5.74, 6) is 3.17. The lowest BCUT2D eigenvalue weighted by Gasteiger charge is -2.13. The first-order valence-corrected chi connectivity index (χ1v) is 10.5. The Hall–Kier alpha value is -2.22. The Morgan fingerprint density at radius 3 is 2.25 bits per heavy atom. The highest BCUT2D eigenvalue weighted by Gasteiger charge is 2.25. The number of benzene rings is 2. The van der Waals surface area contributed by atoms with Crippen molar-refractivity contribution < 1.29 is 24.1 Å². The van der Waals surface area contributed by atoms with Crippen LogP contribution in [0.25, 0.3) is 0 Å². The summed E-state index contributed by atoms with van der Waals surface area (Å²) in [6, 6.07) is 16.7. The van der Waals surface area contributed by atoms with Crippen LogP contribution in [-0.4, -0.2) is 25.7 Å². The van der Waals surface area contributed by atoms with Gasteiger partial charge in [-0.25, -0.2) is 5.90 Å². The third-order valence-corrected chi connectivity index (χ3v) is 5.85. The van der Waals surface area contributed by atoms with E-state index >= 15 is 0 Å². The molecule has 0 spiro atoms. The Kier molecular flexibility index (Phi) is 11.8. The normalized spacial score (nSPS) is 12.4. The van der Waals surface area contributed by atoms with Gasteiger partial charge in [0.1, 0.15) is 17.6 Å². The van der Waals surface area contributed by atoms with E-state index in [0.29, 0.717) is 23.7 Å². The Bertz CT molecular complexity index is 706. The molecule has 0 aliphatic rings. The van der Waals surface area contributed by atoms with Crippen LogP contribution in [0.15, 0.2) is 59.5 Å². The van der Waals surface area contributed by atoms with E-state index in [1.165, 1.54) is 0 Å². The quantitative estimate of drug-likeness (QED) is 0.382. The second-order valence-electron chi connectivity index (χ2n) is 6.22. The smallest absolute Gasteiger partial charge is 0.319 e. The maximum atomic E-state index is 12.6. The van der Waals surface area contributed by atoms with Crippen molar-refractivity contribution in [1.29, 1.82) is 0 Å². The van der Waals surface area contributed by atoms with Crippen LogP contribution in [0.4, 0.5) is 0 Å². The van der Waals surface area contributed by atoms with Gasteiger partial charge in [-0.1, -0.05) is 62.9 Å². The van der Waals surface area contributed by atoms with Crippen LogP contribution in [0, 0.1) is 0 Å². The summed E-state index contributed by atoms with van der Waals surface area (Å²) in [5, 5.41) is 15.1. The predicted molar refractivity (Wildman–Crippen MR) is 110 cm³/mol. The second kappa shape index (κ2) is 13.9. The molecule has 2 unspecified atom stereocenters. The van der Waals surface area contributed by atoms with Gasteiger partial charge in [-0.15, -0.1) is 0 Å². The standard InChI is InChI=1S/C21H26O4S.H3NO/c1-2-3-4-8-11-20(21(22)23)26(24)19-14-12-18(13-15-19)25-16-17-9-6-5-7-10-17;1-2/h5-7,9-10,12-15,20H,2-4,8,11,16H2,1H3,(H,22,23);2H,1H2. The molecule has 28 heavy (non-hydrogen) atoms. The first kappa shape index (κ1) is 23.8. The lowest BCUT2D eigenvalue weighted by molar-refractivity contribution is -0.136. The molecule has 7 heteroatoms. The van der Waals surface area contributed by atoms with E-state index < -0.39 is 22.0 Å². The van der Waals surface area contributed by atoms with Crippen molar-refractivity contribution in [2.75, 3.05) is 0 Å². The van der Waals surface area contributed by atoms with Crippen LogP contribution in [0.1, 0.15) is 44.6 Å². The van der Waals surface area contributed by atoms with Crippen LogP contribution < -0.4 is 10.6 Å². The van der Waals surface area contributed by atoms with Crippen molar-refractivity contribution in [2.45, 2.75) is 55.8 Å². The first-order chi connectivity index (χ1) is 13.6. The third kappa shape index (κ3) is 8.21. The molecule has 0 aliphatic carbocycles. The fourth-order valence-corrected chi connectivity index (χ4v) is 3.95. The average molecular weight is 408 g/mol. The van der Waals surface area contributed by atoms with Gasteiger partial charge in [-0.05, 0) is 36.2 Å². The zero-order valence-corrected chi connectivity index (χ0v) is 16.9. The summed E-state index contributed by atoms with van der Waals surface area (Å²) < 4.78 is 18.3. The van der Waals surface area contributed by atoms with E-state index in [2.05, 4.69) is 12.8 Å². The predicted octanol–water partition coefficient (Wildman–Crippen LogP) is 4.13. The molecule has 154 valence electrons. The van der Waals surface area contributed by atoms with Crippen molar-refractivity contribution in [3.63, 3.8) is 0 Å². The largest absolute Gasteiger partial charge is 0.489 e. The lowest BCUT2D eigenvalue weighted by atomic mass is 10.1. The number of aliphatic carboxylic acids is 1. The molecule has 0 saturated heterocycles. The average Bonchev–Trinajstić information content (AvgIpc) is 2.74. The Balaban J connectivity index is 0.00000190. The zero-order valence-electron chi connectivity index (χ0n) is 16.1. The second-order valence-corrected chi connectivity index (χ2v) is 7.85. The van der Waals surface area contributed by atoms with Crippen LogP contribution in [0.2, 0.25) is 0 Å². The van der Waals surface area contributed by atoms with Gasteiger partial charge in [0.05, 0.1) is 10.8 Å². The van der Waals surface area contributed by atoms with Gasteiger partial charge in [0.15, 0.2) is 0 Å². The van der Waals surface area contributed by atoms with Crippen molar-refractivity contribution in [3.05, 3.63) is 60.2 Å². The molecule has 2 rings (SSSR count). The Morgan fingerprint density at radius 1 is 1.04 bits per heavy atom. The highest BCUT2D eigenvalue weighted by Crippen LogP contribution is 2.21. The molecular weight excluding hydrogens is 378 g/mol. The summed E-state index contributed by atoms with van der Waals surface area (Å²) in [4.78, 5) is 12.0. The molecule has 2 aromatic carbocycles. The first-order valence-electron chi connectivity index (χ1n) is 9.27. The van der Waals surface area contributed by atoms with Crippen molar-refractivity contribution in [3.8, 4) is 5.75 Å². The highest BCUT2D eigenvalue weighted by atomic mass is 32.2. The fraction of sp³-hybridized carbons (Fsp3) is 0.381. The van der Waals surface area contributed by atoms with E-state index in [1.54, 1.807) is 24.3 Å². The third-order valence-electron chi connectivity index (χ3n) is 4.16. The Labute approximate surface area is 168 Å². The Morgan fingerprint density at radius 2 is 1.68 bits per heavy atom. The SMILES string of the molecule is CCCCCCC(C(=O)O)S(=O)c1ccc(OCc2ccccc2)cc1.NO. The molecule has 4 N–H and O–H groups in total. The summed E-state index contributed by atoms with van der Waals surface area (Å²) in [6.45, 7) is 2.56. The summed E-state index contributed by atoms with van der Waals surface area (Å²) in [5.41, 5.74) is 1.07. The van der Waals surface area contributed by atoms with Gasteiger partial charge < -0.3 is 15.1 Å². The number of carboxylic acid groups (broad SMARTS) is 1. The van der Waals surface area contributed by atoms with Crippen molar-refractivity contribution in [2.24, 2.45) is 5.90 Å². The molecule has 0 aromatic heterocycles. The van der Waals surface area contributed by atoms with E-state index in [-0.39, 0.29) is 0 Å². The number of carbonyl (C=O) groups is 1. The zero-order chi connectivity index (χ0) is 20.8. The van der Waals surface area contributed by atoms with E-state index in [4.69, 9.17) is 9.94 Å². The summed E-state index contributed by atoms with van der Waals surface area (Å²) >= 11 is 0. The highest BCUT2D eigenvalue weighted by molar-refractivity contribution is 7.86. The number of hydrogen-bond donors (Lipinski definition) is 3. The molecular formula is C21H29NO5S. The van der Waals surface area contributed by atoms with E-state index in [0.717, 1.165) is 31.2 Å². The van der Waals surface area contributed by atoms with Crippen LogP contribution in [0.3, 0.4) is 0 Å². The summed E-state index contributed by atoms with van der Waals surface area (Å²) in [6.07, 6.45) is 4.37. The van der Waals surface area contributed by atoms with Gasteiger partial charge in [-0.3, -0.25) is 9.00 Å². The number of hydrogen-bond acceptors (Lipinski definition) is 5. The molecule has 2 aromatic rings. The molecule has 0 amide bonds. The van der Waals surface area contributed by atoms with Crippen LogP contribution >= 0.6 is 0 Å². The number of nitrogens with two attached hydrogens (primary N) is 1. The molecule has 0 fully saturated rings. The lowest BCUT2D eigenvalue weighted by Crippen LogP contribution is -2.25. The number of unbranched alkanes of at least 4 members (excludes halogenated alkanes) is 3. The van der Waals surface area contributed by atoms with E-state index in [9.17, 15) is 14.1 Å². The maximum absolute atomic E-state index is 12.6. The van der Waals surface area contributed by atoms with Gasteiger partial charge in [0.2, 0.25) is 0 Å². The van der Waals surface area contributed by atoms with Crippen LogP contribution in [-0.2, 0) is 22.2 Å². The molecule has 0 heterocycles. The minimum atomic E-state index is -1.56. The van der Waals surface area contributed by atoms with Gasteiger partial charge in [-0.2, -0.15) is 0 Å². The van der Waals surface area contributed by atoms with Crippen molar-refractivity contribution >= 4 is 16.8 Å². The molecule has 2 atom stereocenters.